The van der Waals surface area contributed by atoms with Crippen LogP contribution in [0.25, 0.3) is 0 Å². The standard InChI is InChI=1S/C11H15NO2S/c1-11(2,3)14-10(13)9-4-8(9)7-5-12-15-6-7/h5-6,8-9H,4H2,1-3H3. The topological polar surface area (TPSA) is 39.2 Å². The van der Waals surface area contributed by atoms with Crippen molar-refractivity contribution < 1.29 is 9.53 Å². The van der Waals surface area contributed by atoms with Crippen molar-refractivity contribution in [2.75, 3.05) is 0 Å². The summed E-state index contributed by atoms with van der Waals surface area (Å²) < 4.78 is 9.38. The third kappa shape index (κ3) is 2.56. The Labute approximate surface area is 93.6 Å². The van der Waals surface area contributed by atoms with Crippen LogP contribution in [0.5, 0.6) is 0 Å². The Morgan fingerprint density at radius 1 is 1.60 bits per heavy atom. The third-order valence-electron chi connectivity index (χ3n) is 2.38. The van der Waals surface area contributed by atoms with Crippen LogP contribution in [0.3, 0.4) is 0 Å². The first-order chi connectivity index (χ1) is 6.97. The molecule has 0 aromatic carbocycles. The first kappa shape index (κ1) is 10.6. The Morgan fingerprint density at radius 3 is 2.87 bits per heavy atom. The minimum atomic E-state index is -0.378. The fourth-order valence-corrected chi connectivity index (χ4v) is 2.20. The molecule has 15 heavy (non-hydrogen) atoms. The van der Waals surface area contributed by atoms with E-state index in [9.17, 15) is 4.79 Å². The molecule has 0 bridgehead atoms. The number of esters is 1. The van der Waals surface area contributed by atoms with Crippen LogP contribution in [-0.2, 0) is 9.53 Å². The molecule has 1 aliphatic carbocycles. The Kier molecular flexibility index (Phi) is 2.54. The predicted molar refractivity (Wildman–Crippen MR) is 58.8 cm³/mol. The SMILES string of the molecule is CC(C)(C)OC(=O)C1CC1c1cnsc1. The van der Waals surface area contributed by atoms with Crippen molar-refractivity contribution in [3.8, 4) is 0 Å². The van der Waals surface area contributed by atoms with Gasteiger partial charge in [-0.15, -0.1) is 0 Å². The molecule has 0 aliphatic heterocycles. The molecule has 1 aliphatic rings. The fraction of sp³-hybridized carbons (Fsp3) is 0.636. The molecule has 2 unspecified atom stereocenters. The van der Waals surface area contributed by atoms with E-state index >= 15 is 0 Å². The number of aromatic nitrogens is 1. The van der Waals surface area contributed by atoms with Crippen LogP contribution in [0.1, 0.15) is 38.7 Å². The molecular formula is C11H15NO2S. The fourth-order valence-electron chi connectivity index (χ4n) is 1.60. The smallest absolute Gasteiger partial charge is 0.310 e. The summed E-state index contributed by atoms with van der Waals surface area (Å²) >= 11 is 1.43. The van der Waals surface area contributed by atoms with Crippen LogP contribution in [0, 0.1) is 5.92 Å². The average Bonchev–Trinajstić information content (AvgIpc) is 2.71. The van der Waals surface area contributed by atoms with Crippen molar-refractivity contribution in [2.24, 2.45) is 5.92 Å². The van der Waals surface area contributed by atoms with E-state index in [0.717, 1.165) is 6.42 Å². The van der Waals surface area contributed by atoms with Crippen molar-refractivity contribution in [3.05, 3.63) is 17.1 Å². The van der Waals surface area contributed by atoms with Gasteiger partial charge in [0.15, 0.2) is 0 Å². The number of carbonyl (C=O) groups is 1. The van der Waals surface area contributed by atoms with Crippen LogP contribution in [0.2, 0.25) is 0 Å². The minimum absolute atomic E-state index is 0.0561. The quantitative estimate of drug-likeness (QED) is 0.726. The maximum Gasteiger partial charge on any atom is 0.310 e. The highest BCUT2D eigenvalue weighted by Crippen LogP contribution is 2.48. The van der Waals surface area contributed by atoms with E-state index in [2.05, 4.69) is 4.37 Å². The van der Waals surface area contributed by atoms with Crippen LogP contribution in [0.15, 0.2) is 11.6 Å². The largest absolute Gasteiger partial charge is 0.460 e. The number of hydrogen-bond donors (Lipinski definition) is 0. The Bertz CT molecular complexity index is 353. The summed E-state index contributed by atoms with van der Waals surface area (Å²) in [7, 11) is 0. The number of ether oxygens (including phenoxy) is 1. The maximum atomic E-state index is 11.7. The molecule has 1 aromatic heterocycles. The monoisotopic (exact) mass is 225 g/mol. The van der Waals surface area contributed by atoms with E-state index in [0.29, 0.717) is 5.92 Å². The Balaban J connectivity index is 1.91. The van der Waals surface area contributed by atoms with Crippen molar-refractivity contribution in [1.29, 1.82) is 0 Å². The molecule has 1 fully saturated rings. The lowest BCUT2D eigenvalue weighted by Gasteiger charge is -2.19. The van der Waals surface area contributed by atoms with Crippen LogP contribution in [-0.4, -0.2) is 15.9 Å². The van der Waals surface area contributed by atoms with Gasteiger partial charge in [-0.1, -0.05) is 0 Å². The van der Waals surface area contributed by atoms with Gasteiger partial charge in [0.05, 0.1) is 5.92 Å². The first-order valence-corrected chi connectivity index (χ1v) is 5.93. The van der Waals surface area contributed by atoms with Gasteiger partial charge in [-0.05, 0) is 44.3 Å². The number of hydrogen-bond acceptors (Lipinski definition) is 4. The summed E-state index contributed by atoms with van der Waals surface area (Å²) in [5.74, 6) is 0.331. The van der Waals surface area contributed by atoms with Crippen LogP contribution >= 0.6 is 11.5 Å². The molecular weight excluding hydrogens is 210 g/mol. The summed E-state index contributed by atoms with van der Waals surface area (Å²) in [6, 6.07) is 0. The normalized spacial score (nSPS) is 25.0. The van der Waals surface area contributed by atoms with E-state index in [4.69, 9.17) is 4.74 Å². The van der Waals surface area contributed by atoms with Gasteiger partial charge in [0.25, 0.3) is 0 Å². The van der Waals surface area contributed by atoms with Gasteiger partial charge in [-0.3, -0.25) is 4.79 Å². The zero-order valence-corrected chi connectivity index (χ0v) is 10.0. The summed E-state index contributed by atoms with van der Waals surface area (Å²) in [4.78, 5) is 11.7. The van der Waals surface area contributed by atoms with Crippen molar-refractivity contribution in [3.63, 3.8) is 0 Å². The molecule has 0 spiro atoms. The Hall–Kier alpha value is -0.900. The van der Waals surface area contributed by atoms with E-state index in [-0.39, 0.29) is 17.5 Å². The molecule has 0 saturated heterocycles. The van der Waals surface area contributed by atoms with Crippen molar-refractivity contribution in [2.45, 2.75) is 38.7 Å². The highest BCUT2D eigenvalue weighted by molar-refractivity contribution is 7.03. The summed E-state index contributed by atoms with van der Waals surface area (Å²) in [6.07, 6.45) is 2.76. The second-order valence-electron chi connectivity index (χ2n) is 4.94. The molecule has 1 saturated carbocycles. The summed E-state index contributed by atoms with van der Waals surface area (Å²) in [5.41, 5.74) is 0.799. The number of carbonyl (C=O) groups excluding carboxylic acids is 1. The maximum absolute atomic E-state index is 11.7. The van der Waals surface area contributed by atoms with Crippen molar-refractivity contribution in [1.82, 2.24) is 4.37 Å². The lowest BCUT2D eigenvalue weighted by atomic mass is 10.2. The zero-order valence-electron chi connectivity index (χ0n) is 9.19. The van der Waals surface area contributed by atoms with Crippen LogP contribution in [0.4, 0.5) is 0 Å². The lowest BCUT2D eigenvalue weighted by Crippen LogP contribution is -2.25. The molecule has 4 heteroatoms. The molecule has 0 radical (unpaired) electrons. The van der Waals surface area contributed by atoms with Gasteiger partial charge in [-0.2, -0.15) is 0 Å². The molecule has 82 valence electrons. The second-order valence-corrected chi connectivity index (χ2v) is 5.60. The van der Waals surface area contributed by atoms with Gasteiger partial charge < -0.3 is 4.74 Å². The third-order valence-corrected chi connectivity index (χ3v) is 2.98. The molecule has 2 atom stereocenters. The van der Waals surface area contributed by atoms with Gasteiger partial charge in [0.2, 0.25) is 0 Å². The van der Waals surface area contributed by atoms with E-state index in [1.165, 1.54) is 17.1 Å². The molecule has 3 nitrogen and oxygen atoms in total. The number of nitrogens with zero attached hydrogens (tertiary/aromatic N) is 1. The van der Waals surface area contributed by atoms with E-state index in [1.54, 1.807) is 0 Å². The molecule has 0 N–H and O–H groups in total. The van der Waals surface area contributed by atoms with Gasteiger partial charge in [0, 0.05) is 17.5 Å². The number of rotatable bonds is 2. The predicted octanol–water partition coefficient (Wildman–Crippen LogP) is 2.59. The average molecular weight is 225 g/mol. The van der Waals surface area contributed by atoms with Gasteiger partial charge >= 0.3 is 5.97 Å². The molecule has 2 rings (SSSR count). The zero-order chi connectivity index (χ0) is 11.1. The highest BCUT2D eigenvalue weighted by atomic mass is 32.1. The second kappa shape index (κ2) is 3.59. The van der Waals surface area contributed by atoms with Crippen LogP contribution < -0.4 is 0 Å². The summed E-state index contributed by atoms with van der Waals surface area (Å²) in [5, 5.41) is 2.01. The van der Waals surface area contributed by atoms with E-state index < -0.39 is 0 Å². The molecule has 0 amide bonds. The van der Waals surface area contributed by atoms with Gasteiger partial charge in [0.1, 0.15) is 5.60 Å². The molecule has 1 heterocycles. The minimum Gasteiger partial charge on any atom is -0.460 e. The summed E-state index contributed by atoms with van der Waals surface area (Å²) in [6.45, 7) is 5.69. The lowest BCUT2D eigenvalue weighted by molar-refractivity contribution is -0.156. The Morgan fingerprint density at radius 2 is 2.33 bits per heavy atom. The van der Waals surface area contributed by atoms with Gasteiger partial charge in [-0.25, -0.2) is 4.37 Å². The highest BCUT2D eigenvalue weighted by Gasteiger charge is 2.46. The molecule has 1 aromatic rings. The van der Waals surface area contributed by atoms with E-state index in [1.807, 2.05) is 32.3 Å². The van der Waals surface area contributed by atoms with Crippen molar-refractivity contribution >= 4 is 17.5 Å². The first-order valence-electron chi connectivity index (χ1n) is 5.09.